The summed E-state index contributed by atoms with van der Waals surface area (Å²) in [4.78, 5) is 12.4. The van der Waals surface area contributed by atoms with Crippen LogP contribution in [0.1, 0.15) is 24.2 Å². The van der Waals surface area contributed by atoms with E-state index in [1.165, 1.54) is 32.5 Å². The van der Waals surface area contributed by atoms with Crippen molar-refractivity contribution in [2.75, 3.05) is 36.5 Å². The van der Waals surface area contributed by atoms with Gasteiger partial charge in [0.15, 0.2) is 4.34 Å². The summed E-state index contributed by atoms with van der Waals surface area (Å²) in [6, 6.07) is 6.31. The van der Waals surface area contributed by atoms with E-state index in [0.717, 1.165) is 18.7 Å². The van der Waals surface area contributed by atoms with Crippen LogP contribution in [0.3, 0.4) is 0 Å². The third kappa shape index (κ3) is 5.64. The van der Waals surface area contributed by atoms with Gasteiger partial charge >= 0.3 is 10.2 Å². The molecule has 0 spiro atoms. The maximum atomic E-state index is 12.4. The number of aromatic nitrogens is 2. The van der Waals surface area contributed by atoms with Crippen molar-refractivity contribution in [3.05, 3.63) is 29.8 Å². The van der Waals surface area contributed by atoms with Gasteiger partial charge in [-0.05, 0) is 30.2 Å². The lowest BCUT2D eigenvalue weighted by molar-refractivity contribution is 0.102. The lowest BCUT2D eigenvalue weighted by Crippen LogP contribution is -2.37. The molecule has 1 heterocycles. The number of benzene rings is 1. The summed E-state index contributed by atoms with van der Waals surface area (Å²) in [6.07, 6.45) is 0. The lowest BCUT2D eigenvalue weighted by atomic mass is 10.2. The first-order chi connectivity index (χ1) is 12.6. The topological polar surface area (TPSA) is 95.5 Å². The molecule has 0 atom stereocenters. The molecule has 1 amide bonds. The number of hydrogen-bond donors (Lipinski definition) is 1. The first-order valence-electron chi connectivity index (χ1n) is 8.15. The monoisotopic (exact) mass is 429 g/mol. The Kier molecular flexibility index (Phi) is 7.20. The largest absolute Gasteiger partial charge is 0.303 e. The molecule has 148 valence electrons. The van der Waals surface area contributed by atoms with Crippen LogP contribution >= 0.6 is 23.1 Å². The van der Waals surface area contributed by atoms with Gasteiger partial charge in [0.05, 0.1) is 5.69 Å². The Labute approximate surface area is 168 Å². The molecule has 0 saturated carbocycles. The second kappa shape index (κ2) is 9.00. The molecule has 11 heteroatoms. The van der Waals surface area contributed by atoms with Crippen LogP contribution in [0.5, 0.6) is 0 Å². The van der Waals surface area contributed by atoms with Gasteiger partial charge in [-0.3, -0.25) is 14.4 Å². The van der Waals surface area contributed by atoms with E-state index in [2.05, 4.69) is 29.4 Å². The Morgan fingerprint density at radius 2 is 1.81 bits per heavy atom. The highest BCUT2D eigenvalue weighted by molar-refractivity contribution is 8.01. The molecule has 0 unspecified atom stereocenters. The Morgan fingerprint density at radius 1 is 1.19 bits per heavy atom. The normalized spacial score (nSPS) is 11.8. The minimum atomic E-state index is -3.57. The lowest BCUT2D eigenvalue weighted by Gasteiger charge is -2.23. The Morgan fingerprint density at radius 3 is 2.37 bits per heavy atom. The summed E-state index contributed by atoms with van der Waals surface area (Å²) in [5, 5.41) is 11.2. The summed E-state index contributed by atoms with van der Waals surface area (Å²) < 4.78 is 27.4. The number of hydrogen-bond acceptors (Lipinski definition) is 7. The van der Waals surface area contributed by atoms with Crippen molar-refractivity contribution in [2.45, 2.75) is 18.2 Å². The fourth-order valence-corrected chi connectivity index (χ4v) is 4.53. The quantitative estimate of drug-likeness (QED) is 0.512. The Balaban J connectivity index is 2.04. The minimum Gasteiger partial charge on any atom is -0.296 e. The van der Waals surface area contributed by atoms with Crippen LogP contribution < -0.4 is 9.62 Å². The van der Waals surface area contributed by atoms with Crippen molar-refractivity contribution in [1.82, 2.24) is 14.5 Å². The summed E-state index contributed by atoms with van der Waals surface area (Å²) in [5.41, 5.74) is 0.865. The van der Waals surface area contributed by atoms with Crippen LogP contribution in [0.4, 0.5) is 10.8 Å². The molecule has 1 aromatic heterocycles. The maximum absolute atomic E-state index is 12.4. The molecule has 1 aromatic carbocycles. The van der Waals surface area contributed by atoms with Gasteiger partial charge in [0, 0.05) is 32.5 Å². The van der Waals surface area contributed by atoms with Crippen molar-refractivity contribution < 1.29 is 13.2 Å². The van der Waals surface area contributed by atoms with E-state index in [4.69, 9.17) is 0 Å². The highest BCUT2D eigenvalue weighted by Crippen LogP contribution is 2.27. The van der Waals surface area contributed by atoms with Gasteiger partial charge in [0.2, 0.25) is 5.13 Å². The van der Waals surface area contributed by atoms with Gasteiger partial charge in [-0.2, -0.15) is 12.7 Å². The second-order valence-corrected chi connectivity index (χ2v) is 10.8. The molecule has 0 aliphatic rings. The van der Waals surface area contributed by atoms with E-state index < -0.39 is 10.2 Å². The SMILES string of the molecule is CC(C)CSc1nnc(NC(=O)c2ccc(N(C)S(=O)(=O)N(C)C)cc2)s1. The van der Waals surface area contributed by atoms with E-state index in [-0.39, 0.29) is 5.91 Å². The van der Waals surface area contributed by atoms with Gasteiger partial charge in [-0.15, -0.1) is 10.2 Å². The van der Waals surface area contributed by atoms with Gasteiger partial charge < -0.3 is 0 Å². The molecule has 0 fully saturated rings. The summed E-state index contributed by atoms with van der Waals surface area (Å²) >= 11 is 2.94. The molecule has 0 radical (unpaired) electrons. The first-order valence-corrected chi connectivity index (χ1v) is 11.3. The molecule has 0 aliphatic carbocycles. The number of amides is 1. The van der Waals surface area contributed by atoms with Crippen LogP contribution in [0.15, 0.2) is 28.6 Å². The minimum absolute atomic E-state index is 0.323. The fourth-order valence-electron chi connectivity index (χ4n) is 1.93. The van der Waals surface area contributed by atoms with Crippen LogP contribution in [0, 0.1) is 5.92 Å². The number of carbonyl (C=O) groups excluding carboxylic acids is 1. The van der Waals surface area contributed by atoms with Gasteiger partial charge in [-0.25, -0.2) is 0 Å². The summed E-state index contributed by atoms with van der Waals surface area (Å²) in [7, 11) is 0.810. The van der Waals surface area contributed by atoms with Crippen LogP contribution in [-0.4, -0.2) is 55.7 Å². The van der Waals surface area contributed by atoms with Gasteiger partial charge in [0.25, 0.3) is 5.91 Å². The molecule has 0 aliphatic heterocycles. The van der Waals surface area contributed by atoms with Crippen LogP contribution in [0.25, 0.3) is 0 Å². The van der Waals surface area contributed by atoms with Gasteiger partial charge in [0.1, 0.15) is 0 Å². The predicted octanol–water partition coefficient (Wildman–Crippen LogP) is 2.78. The van der Waals surface area contributed by atoms with Crippen LogP contribution in [-0.2, 0) is 10.2 Å². The number of rotatable bonds is 8. The zero-order chi connectivity index (χ0) is 20.2. The Bertz CT molecular complexity index is 879. The third-order valence-electron chi connectivity index (χ3n) is 3.47. The fraction of sp³-hybridized carbons (Fsp3) is 0.438. The molecular weight excluding hydrogens is 406 g/mol. The molecule has 0 saturated heterocycles. The third-order valence-corrected chi connectivity index (χ3v) is 7.69. The van der Waals surface area contributed by atoms with E-state index in [1.54, 1.807) is 36.0 Å². The highest BCUT2D eigenvalue weighted by Gasteiger charge is 2.21. The zero-order valence-corrected chi connectivity index (χ0v) is 18.3. The number of anilines is 2. The Hall–Kier alpha value is -1.69. The average Bonchev–Trinajstić information content (AvgIpc) is 3.06. The van der Waals surface area contributed by atoms with E-state index >= 15 is 0 Å². The van der Waals surface area contributed by atoms with Crippen LogP contribution in [0.2, 0.25) is 0 Å². The van der Waals surface area contributed by atoms with Crippen molar-refractivity contribution in [3.8, 4) is 0 Å². The van der Waals surface area contributed by atoms with Crippen molar-refractivity contribution in [1.29, 1.82) is 0 Å². The summed E-state index contributed by atoms with van der Waals surface area (Å²) in [5.74, 6) is 1.16. The molecular formula is C16H23N5O3S3. The first kappa shape index (κ1) is 21.6. The number of carbonyl (C=O) groups is 1. The van der Waals surface area contributed by atoms with E-state index in [9.17, 15) is 13.2 Å². The smallest absolute Gasteiger partial charge is 0.296 e. The van der Waals surface area contributed by atoms with Crippen molar-refractivity contribution in [3.63, 3.8) is 0 Å². The highest BCUT2D eigenvalue weighted by atomic mass is 32.2. The molecule has 1 N–H and O–H groups in total. The molecule has 8 nitrogen and oxygen atoms in total. The molecule has 2 aromatic rings. The average molecular weight is 430 g/mol. The van der Waals surface area contributed by atoms with Crippen molar-refractivity contribution >= 4 is 50.0 Å². The second-order valence-electron chi connectivity index (χ2n) is 6.34. The molecule has 2 rings (SSSR count). The number of nitrogens with zero attached hydrogens (tertiary/aromatic N) is 4. The summed E-state index contributed by atoms with van der Waals surface area (Å²) in [6.45, 7) is 4.25. The maximum Gasteiger partial charge on any atom is 0.303 e. The molecule has 27 heavy (non-hydrogen) atoms. The van der Waals surface area contributed by atoms with Gasteiger partial charge in [-0.1, -0.05) is 36.9 Å². The standard InChI is InChI=1S/C16H23N5O3S3/c1-11(2)10-25-16-19-18-15(26-16)17-14(22)12-6-8-13(9-7-12)21(5)27(23,24)20(3)4/h6-9,11H,10H2,1-5H3,(H,17,18,22). The van der Waals surface area contributed by atoms with E-state index in [0.29, 0.717) is 22.3 Å². The zero-order valence-electron chi connectivity index (χ0n) is 15.8. The number of thioether (sulfide) groups is 1. The number of nitrogens with one attached hydrogen (secondary N) is 1. The predicted molar refractivity (Wildman–Crippen MR) is 111 cm³/mol. The van der Waals surface area contributed by atoms with Crippen molar-refractivity contribution in [2.24, 2.45) is 5.92 Å². The van der Waals surface area contributed by atoms with E-state index in [1.807, 2.05) is 0 Å². The molecule has 0 bridgehead atoms.